The lowest BCUT2D eigenvalue weighted by Crippen LogP contribution is -2.26. The third kappa shape index (κ3) is 6.51. The Morgan fingerprint density at radius 2 is 1.68 bits per heavy atom. The minimum absolute atomic E-state index is 0.340. The van der Waals surface area contributed by atoms with Gasteiger partial charge in [0.2, 0.25) is 0 Å². The van der Waals surface area contributed by atoms with Gasteiger partial charge in [-0.3, -0.25) is 0 Å². The van der Waals surface area contributed by atoms with E-state index in [1.54, 1.807) is 0 Å². The summed E-state index contributed by atoms with van der Waals surface area (Å²) >= 11 is 0. The fraction of sp³-hybridized carbons (Fsp3) is 0.524. The second-order valence-electron chi connectivity index (χ2n) is 7.23. The molecule has 0 spiro atoms. The molecule has 0 radical (unpaired) electrons. The van der Waals surface area contributed by atoms with Crippen molar-refractivity contribution in [1.29, 1.82) is 0 Å². The summed E-state index contributed by atoms with van der Waals surface area (Å²) in [6, 6.07) is 0. The number of rotatable bonds is 6. The molecule has 0 heterocycles. The minimum Gasteiger partial charge on any atom is -0.491 e. The lowest BCUT2D eigenvalue weighted by molar-refractivity contribution is 0.0525. The Morgan fingerprint density at radius 1 is 1.09 bits per heavy atom. The SMILES string of the molecule is C=C(C)C=CC(=CC(=CC)OC1CCC(C)(C)CC1)C(=C)C. The van der Waals surface area contributed by atoms with E-state index in [9.17, 15) is 0 Å². The van der Waals surface area contributed by atoms with Gasteiger partial charge in [-0.1, -0.05) is 50.3 Å². The average molecular weight is 300 g/mol. The molecular weight excluding hydrogens is 268 g/mol. The zero-order chi connectivity index (χ0) is 16.8. The molecule has 1 nitrogen and oxygen atoms in total. The van der Waals surface area contributed by atoms with Crippen LogP contribution in [0.2, 0.25) is 0 Å². The first-order valence-corrected chi connectivity index (χ1v) is 8.27. The van der Waals surface area contributed by atoms with Crippen LogP contribution in [0.1, 0.15) is 60.3 Å². The maximum Gasteiger partial charge on any atom is 0.116 e. The van der Waals surface area contributed by atoms with Gasteiger partial charge in [0.1, 0.15) is 5.76 Å². The van der Waals surface area contributed by atoms with E-state index < -0.39 is 0 Å². The molecule has 1 heteroatoms. The van der Waals surface area contributed by atoms with Gasteiger partial charge in [0.05, 0.1) is 6.10 Å². The maximum atomic E-state index is 6.21. The molecule has 0 N–H and O–H groups in total. The van der Waals surface area contributed by atoms with E-state index in [0.717, 1.165) is 35.3 Å². The van der Waals surface area contributed by atoms with Gasteiger partial charge in [-0.05, 0) is 69.6 Å². The number of ether oxygens (including phenoxy) is 1. The van der Waals surface area contributed by atoms with Crippen LogP contribution >= 0.6 is 0 Å². The number of allylic oxidation sites excluding steroid dienone is 7. The first-order valence-electron chi connectivity index (χ1n) is 8.27. The van der Waals surface area contributed by atoms with Crippen molar-refractivity contribution >= 4 is 0 Å². The molecule has 0 saturated heterocycles. The Morgan fingerprint density at radius 3 is 2.14 bits per heavy atom. The molecule has 22 heavy (non-hydrogen) atoms. The third-order valence-electron chi connectivity index (χ3n) is 4.21. The molecule has 0 aromatic rings. The van der Waals surface area contributed by atoms with E-state index >= 15 is 0 Å². The highest BCUT2D eigenvalue weighted by Crippen LogP contribution is 2.37. The van der Waals surface area contributed by atoms with Crippen LogP contribution in [0.5, 0.6) is 0 Å². The largest absolute Gasteiger partial charge is 0.491 e. The molecule has 0 aromatic heterocycles. The standard InChI is InChI=1S/C21H32O/c1-8-19(15-18(17(4)5)10-9-16(2)3)22-20-11-13-21(6,7)14-12-20/h8-10,15,20H,2,4,11-14H2,1,3,5-7H3. The van der Waals surface area contributed by atoms with Gasteiger partial charge in [-0.15, -0.1) is 0 Å². The molecule has 1 rings (SSSR count). The van der Waals surface area contributed by atoms with Crippen molar-refractivity contribution in [2.24, 2.45) is 5.41 Å². The molecule has 1 saturated carbocycles. The first-order chi connectivity index (χ1) is 10.2. The van der Waals surface area contributed by atoms with Crippen LogP contribution in [0.4, 0.5) is 0 Å². The zero-order valence-corrected chi connectivity index (χ0v) is 15.0. The summed E-state index contributed by atoms with van der Waals surface area (Å²) < 4.78 is 6.21. The monoisotopic (exact) mass is 300 g/mol. The second-order valence-corrected chi connectivity index (χ2v) is 7.23. The van der Waals surface area contributed by atoms with E-state index in [1.165, 1.54) is 12.8 Å². The maximum absolute atomic E-state index is 6.21. The smallest absolute Gasteiger partial charge is 0.116 e. The van der Waals surface area contributed by atoms with Crippen LogP contribution in [0.3, 0.4) is 0 Å². The predicted octanol–water partition coefficient (Wildman–Crippen LogP) is 6.51. The van der Waals surface area contributed by atoms with Crippen LogP contribution in [-0.4, -0.2) is 6.10 Å². The van der Waals surface area contributed by atoms with Gasteiger partial charge in [0, 0.05) is 0 Å². The lowest BCUT2D eigenvalue weighted by Gasteiger charge is -2.34. The topological polar surface area (TPSA) is 9.23 Å². The highest BCUT2D eigenvalue weighted by Gasteiger charge is 2.27. The van der Waals surface area contributed by atoms with Crippen molar-refractivity contribution in [2.75, 3.05) is 0 Å². The molecule has 0 bridgehead atoms. The fourth-order valence-corrected chi connectivity index (χ4v) is 2.57. The Bertz CT molecular complexity index is 490. The van der Waals surface area contributed by atoms with Crippen LogP contribution in [0, 0.1) is 5.41 Å². The quantitative estimate of drug-likeness (QED) is 0.401. The summed E-state index contributed by atoms with van der Waals surface area (Å²) in [7, 11) is 0. The van der Waals surface area contributed by atoms with Gasteiger partial charge in [0.15, 0.2) is 0 Å². The molecule has 1 aliphatic carbocycles. The molecule has 0 amide bonds. The Labute approximate surface area is 137 Å². The first kappa shape index (κ1) is 18.5. The van der Waals surface area contributed by atoms with Crippen LogP contribution < -0.4 is 0 Å². The molecule has 1 aliphatic rings. The van der Waals surface area contributed by atoms with Gasteiger partial charge in [0.25, 0.3) is 0 Å². The van der Waals surface area contributed by atoms with Gasteiger partial charge in [-0.2, -0.15) is 0 Å². The summed E-state index contributed by atoms with van der Waals surface area (Å²) in [5, 5.41) is 0. The van der Waals surface area contributed by atoms with Crippen molar-refractivity contribution in [3.63, 3.8) is 0 Å². The summed E-state index contributed by atoms with van der Waals surface area (Å²) in [4.78, 5) is 0. The van der Waals surface area contributed by atoms with Crippen molar-refractivity contribution < 1.29 is 4.74 Å². The molecule has 122 valence electrons. The van der Waals surface area contributed by atoms with Crippen LogP contribution in [-0.2, 0) is 4.74 Å². The zero-order valence-electron chi connectivity index (χ0n) is 15.0. The molecule has 0 atom stereocenters. The summed E-state index contributed by atoms with van der Waals surface area (Å²) in [5.74, 6) is 0.939. The van der Waals surface area contributed by atoms with E-state index in [-0.39, 0.29) is 0 Å². The van der Waals surface area contributed by atoms with Gasteiger partial charge >= 0.3 is 0 Å². The van der Waals surface area contributed by atoms with E-state index in [0.29, 0.717) is 11.5 Å². The van der Waals surface area contributed by atoms with E-state index in [4.69, 9.17) is 4.74 Å². The van der Waals surface area contributed by atoms with Gasteiger partial charge < -0.3 is 4.74 Å². The third-order valence-corrected chi connectivity index (χ3v) is 4.21. The average Bonchev–Trinajstić information content (AvgIpc) is 2.43. The molecule has 0 unspecified atom stereocenters. The van der Waals surface area contributed by atoms with Gasteiger partial charge in [-0.25, -0.2) is 0 Å². The highest BCUT2D eigenvalue weighted by atomic mass is 16.5. The minimum atomic E-state index is 0.340. The molecule has 0 aromatic carbocycles. The lowest BCUT2D eigenvalue weighted by atomic mass is 9.76. The van der Waals surface area contributed by atoms with Crippen LogP contribution in [0.15, 0.2) is 59.9 Å². The van der Waals surface area contributed by atoms with Crippen molar-refractivity contribution in [3.8, 4) is 0 Å². The number of hydrogen-bond donors (Lipinski definition) is 0. The highest BCUT2D eigenvalue weighted by molar-refractivity contribution is 5.42. The van der Waals surface area contributed by atoms with Crippen molar-refractivity contribution in [1.82, 2.24) is 0 Å². The second kappa shape index (κ2) is 8.22. The Hall–Kier alpha value is -1.50. The van der Waals surface area contributed by atoms with E-state index in [1.807, 2.05) is 32.9 Å². The fourth-order valence-electron chi connectivity index (χ4n) is 2.57. The molecule has 1 fully saturated rings. The Kier molecular flexibility index (Phi) is 6.93. The number of hydrogen-bond acceptors (Lipinski definition) is 1. The predicted molar refractivity (Wildman–Crippen MR) is 97.7 cm³/mol. The summed E-state index contributed by atoms with van der Waals surface area (Å²) in [5.41, 5.74) is 3.63. The molecular formula is C21H32O. The van der Waals surface area contributed by atoms with Crippen molar-refractivity contribution in [2.45, 2.75) is 66.4 Å². The van der Waals surface area contributed by atoms with E-state index in [2.05, 4.69) is 39.2 Å². The summed E-state index contributed by atoms with van der Waals surface area (Å²) in [6.45, 7) is 18.7. The Balaban J connectivity index is 2.76. The molecule has 0 aliphatic heterocycles. The van der Waals surface area contributed by atoms with Crippen molar-refractivity contribution in [3.05, 3.63) is 59.9 Å². The van der Waals surface area contributed by atoms with Crippen LogP contribution in [0.25, 0.3) is 0 Å². The normalized spacial score (nSPS) is 20.2. The summed E-state index contributed by atoms with van der Waals surface area (Å²) in [6.07, 6.45) is 13.3.